The summed E-state index contributed by atoms with van der Waals surface area (Å²) in [6.45, 7) is 0. The van der Waals surface area contributed by atoms with Crippen molar-refractivity contribution in [2.75, 3.05) is 11.5 Å². The molecule has 3 nitrogen and oxygen atoms in total. The number of sulfone groups is 1. The normalized spacial score (nSPS) is 33.3. The van der Waals surface area contributed by atoms with Crippen molar-refractivity contribution in [1.82, 2.24) is 0 Å². The second-order valence-electron chi connectivity index (χ2n) is 5.24. The van der Waals surface area contributed by atoms with Crippen LogP contribution >= 0.6 is 0 Å². The van der Waals surface area contributed by atoms with Crippen molar-refractivity contribution in [3.63, 3.8) is 0 Å². The zero-order chi connectivity index (χ0) is 10.9. The van der Waals surface area contributed by atoms with E-state index in [-0.39, 0.29) is 0 Å². The number of hydrogen-bond acceptors (Lipinski definition) is 3. The van der Waals surface area contributed by atoms with Gasteiger partial charge >= 0.3 is 0 Å². The molecule has 1 aliphatic heterocycles. The minimum Gasteiger partial charge on any atom is -0.390 e. The van der Waals surface area contributed by atoms with Crippen molar-refractivity contribution < 1.29 is 13.5 Å². The SMILES string of the molecule is O=S1(=O)CCC(CCC2(O)CCCC2)C1. The predicted molar refractivity (Wildman–Crippen MR) is 59.4 cm³/mol. The highest BCUT2D eigenvalue weighted by Crippen LogP contribution is 2.35. The van der Waals surface area contributed by atoms with Crippen LogP contribution in [0.4, 0.5) is 0 Å². The van der Waals surface area contributed by atoms with Gasteiger partial charge in [0.25, 0.3) is 0 Å². The van der Waals surface area contributed by atoms with E-state index in [1.807, 2.05) is 0 Å². The smallest absolute Gasteiger partial charge is 0.150 e. The lowest BCUT2D eigenvalue weighted by molar-refractivity contribution is 0.0332. The molecule has 1 saturated carbocycles. The summed E-state index contributed by atoms with van der Waals surface area (Å²) < 4.78 is 22.5. The molecule has 0 amide bonds. The van der Waals surface area contributed by atoms with Crippen molar-refractivity contribution in [2.45, 2.75) is 50.5 Å². The lowest BCUT2D eigenvalue weighted by atomic mass is 9.91. The Hall–Kier alpha value is -0.0900. The van der Waals surface area contributed by atoms with Crippen LogP contribution in [0.3, 0.4) is 0 Å². The maximum Gasteiger partial charge on any atom is 0.150 e. The summed E-state index contributed by atoms with van der Waals surface area (Å²) in [4.78, 5) is 0. The van der Waals surface area contributed by atoms with Crippen molar-refractivity contribution in [1.29, 1.82) is 0 Å². The Bertz CT molecular complexity index is 315. The first-order valence-corrected chi connectivity index (χ1v) is 7.74. The fourth-order valence-electron chi connectivity index (χ4n) is 2.86. The fraction of sp³-hybridized carbons (Fsp3) is 1.00. The summed E-state index contributed by atoms with van der Waals surface area (Å²) in [6.07, 6.45) is 6.55. The second kappa shape index (κ2) is 4.06. The van der Waals surface area contributed by atoms with Crippen LogP contribution in [0.25, 0.3) is 0 Å². The topological polar surface area (TPSA) is 54.4 Å². The van der Waals surface area contributed by atoms with Gasteiger partial charge in [-0.3, -0.25) is 0 Å². The molecule has 2 rings (SSSR count). The number of aliphatic hydroxyl groups is 1. The molecule has 1 N–H and O–H groups in total. The zero-order valence-corrected chi connectivity index (χ0v) is 9.93. The highest BCUT2D eigenvalue weighted by atomic mass is 32.2. The van der Waals surface area contributed by atoms with Gasteiger partial charge in [-0.05, 0) is 38.0 Å². The molecule has 0 aromatic rings. The van der Waals surface area contributed by atoms with Gasteiger partial charge in [-0.2, -0.15) is 0 Å². The highest BCUT2D eigenvalue weighted by Gasteiger charge is 2.34. The Morgan fingerprint density at radius 1 is 1.27 bits per heavy atom. The molecule has 0 radical (unpaired) electrons. The maximum atomic E-state index is 11.3. The van der Waals surface area contributed by atoms with Crippen molar-refractivity contribution >= 4 is 9.84 Å². The van der Waals surface area contributed by atoms with Gasteiger partial charge in [0.1, 0.15) is 0 Å². The standard InChI is InChI=1S/C11H20O3S/c12-11(5-1-2-6-11)7-3-10-4-8-15(13,14)9-10/h10,12H,1-9H2. The van der Waals surface area contributed by atoms with Crippen LogP contribution in [0.15, 0.2) is 0 Å². The molecule has 2 fully saturated rings. The summed E-state index contributed by atoms with van der Waals surface area (Å²) in [6, 6.07) is 0. The molecular formula is C11H20O3S. The number of hydrogen-bond donors (Lipinski definition) is 1. The third kappa shape index (κ3) is 2.94. The summed E-state index contributed by atoms with van der Waals surface area (Å²) in [5, 5.41) is 10.1. The summed E-state index contributed by atoms with van der Waals surface area (Å²) in [5.74, 6) is 1.01. The van der Waals surface area contributed by atoms with Crippen LogP contribution < -0.4 is 0 Å². The van der Waals surface area contributed by atoms with Crippen molar-refractivity contribution in [3.05, 3.63) is 0 Å². The second-order valence-corrected chi connectivity index (χ2v) is 7.47. The first kappa shape index (κ1) is 11.4. The van der Waals surface area contributed by atoms with Gasteiger partial charge in [0.05, 0.1) is 17.1 Å². The monoisotopic (exact) mass is 232 g/mol. The van der Waals surface area contributed by atoms with Crippen LogP contribution in [-0.4, -0.2) is 30.6 Å². The minimum atomic E-state index is -2.74. The van der Waals surface area contributed by atoms with Crippen LogP contribution in [0.5, 0.6) is 0 Å². The Morgan fingerprint density at radius 2 is 1.93 bits per heavy atom. The third-order valence-corrected chi connectivity index (χ3v) is 5.72. The maximum absolute atomic E-state index is 11.3. The lowest BCUT2D eigenvalue weighted by Crippen LogP contribution is -2.25. The molecule has 1 heterocycles. The van der Waals surface area contributed by atoms with Crippen LogP contribution in [-0.2, 0) is 9.84 Å². The lowest BCUT2D eigenvalue weighted by Gasteiger charge is -2.23. The first-order valence-electron chi connectivity index (χ1n) is 5.92. The van der Waals surface area contributed by atoms with E-state index in [2.05, 4.69) is 0 Å². The summed E-state index contributed by atoms with van der Waals surface area (Å²) >= 11 is 0. The first-order chi connectivity index (χ1) is 6.99. The van der Waals surface area contributed by atoms with Crippen molar-refractivity contribution in [2.24, 2.45) is 5.92 Å². The molecule has 1 atom stereocenters. The van der Waals surface area contributed by atoms with Gasteiger partial charge < -0.3 is 5.11 Å². The molecule has 1 aliphatic carbocycles. The van der Waals surface area contributed by atoms with E-state index >= 15 is 0 Å². The third-order valence-electron chi connectivity index (χ3n) is 3.88. The minimum absolute atomic E-state index is 0.305. The fourth-order valence-corrected chi connectivity index (χ4v) is 4.77. The van der Waals surface area contributed by atoms with Gasteiger partial charge in [0, 0.05) is 0 Å². The van der Waals surface area contributed by atoms with Gasteiger partial charge in [-0.1, -0.05) is 12.8 Å². The Balaban J connectivity index is 1.79. The van der Waals surface area contributed by atoms with E-state index in [0.29, 0.717) is 17.4 Å². The average molecular weight is 232 g/mol. The molecule has 15 heavy (non-hydrogen) atoms. The Kier molecular flexibility index (Phi) is 3.08. The average Bonchev–Trinajstić information content (AvgIpc) is 2.70. The molecule has 4 heteroatoms. The van der Waals surface area contributed by atoms with Gasteiger partial charge in [-0.15, -0.1) is 0 Å². The van der Waals surface area contributed by atoms with Crippen LogP contribution in [0.2, 0.25) is 0 Å². The van der Waals surface area contributed by atoms with Crippen molar-refractivity contribution in [3.8, 4) is 0 Å². The van der Waals surface area contributed by atoms with E-state index < -0.39 is 15.4 Å². The quantitative estimate of drug-likeness (QED) is 0.802. The van der Waals surface area contributed by atoms with Gasteiger partial charge in [-0.25, -0.2) is 8.42 Å². The molecule has 0 aromatic carbocycles. The molecule has 1 saturated heterocycles. The van der Waals surface area contributed by atoms with Crippen LogP contribution in [0, 0.1) is 5.92 Å². The van der Waals surface area contributed by atoms with Gasteiger partial charge in [0.15, 0.2) is 9.84 Å². The molecule has 1 unspecified atom stereocenters. The van der Waals surface area contributed by atoms with E-state index in [1.54, 1.807) is 0 Å². The Morgan fingerprint density at radius 3 is 2.47 bits per heavy atom. The molecule has 88 valence electrons. The highest BCUT2D eigenvalue weighted by molar-refractivity contribution is 7.91. The molecular weight excluding hydrogens is 212 g/mol. The molecule has 0 bridgehead atoms. The Labute approximate surface area is 91.8 Å². The molecule has 0 aromatic heterocycles. The predicted octanol–water partition coefficient (Wildman–Crippen LogP) is 1.51. The summed E-state index contributed by atoms with van der Waals surface area (Å²) in [5.41, 5.74) is -0.466. The molecule has 0 spiro atoms. The van der Waals surface area contributed by atoms with E-state index in [4.69, 9.17) is 0 Å². The van der Waals surface area contributed by atoms with E-state index in [0.717, 1.165) is 44.9 Å². The van der Waals surface area contributed by atoms with E-state index in [9.17, 15) is 13.5 Å². The van der Waals surface area contributed by atoms with Gasteiger partial charge in [0.2, 0.25) is 0 Å². The zero-order valence-electron chi connectivity index (χ0n) is 9.11. The summed E-state index contributed by atoms with van der Waals surface area (Å²) in [7, 11) is -2.74. The largest absolute Gasteiger partial charge is 0.390 e. The van der Waals surface area contributed by atoms with Crippen LogP contribution in [0.1, 0.15) is 44.9 Å². The van der Waals surface area contributed by atoms with E-state index in [1.165, 1.54) is 0 Å². The molecule has 2 aliphatic rings. The number of rotatable bonds is 3.